The normalized spacial score (nSPS) is 12.8. The molecule has 0 amide bonds. The quantitative estimate of drug-likeness (QED) is 0.174. The maximum atomic E-state index is 9.81. The summed E-state index contributed by atoms with van der Waals surface area (Å²) in [6.45, 7) is 3.94. The van der Waals surface area contributed by atoms with Crippen molar-refractivity contribution in [1.82, 2.24) is 0 Å². The molecule has 4 heteroatoms. The van der Waals surface area contributed by atoms with Gasteiger partial charge in [0.25, 0.3) is 0 Å². The summed E-state index contributed by atoms with van der Waals surface area (Å²) in [4.78, 5) is 0. The van der Waals surface area contributed by atoms with Gasteiger partial charge in [-0.2, -0.15) is 0 Å². The molecule has 0 aromatic rings. The third kappa shape index (κ3) is 26.2. The highest BCUT2D eigenvalue weighted by Gasteiger charge is 2.11. The lowest BCUT2D eigenvalue weighted by molar-refractivity contribution is -0.871. The fraction of sp³-hybridized carbons (Fsp3) is 1.00. The zero-order chi connectivity index (χ0) is 20.2. The van der Waals surface area contributed by atoms with E-state index < -0.39 is 6.29 Å². The van der Waals surface area contributed by atoms with Crippen molar-refractivity contribution >= 4 is 0 Å². The molecule has 3 nitrogen and oxygen atoms in total. The third-order valence-corrected chi connectivity index (χ3v) is 5.35. The zero-order valence-electron chi connectivity index (χ0n) is 19.7. The molecule has 0 aromatic heterocycles. The van der Waals surface area contributed by atoms with Gasteiger partial charge in [-0.25, -0.2) is 0 Å². The Balaban J connectivity index is 0. The summed E-state index contributed by atoms with van der Waals surface area (Å²) in [5, 5.41) is 9.81. The highest BCUT2D eigenvalue weighted by atomic mass is 35.5. The van der Waals surface area contributed by atoms with Gasteiger partial charge in [-0.05, 0) is 6.42 Å². The molecule has 1 unspecified atom stereocenters. The van der Waals surface area contributed by atoms with Crippen LogP contribution < -0.4 is 12.4 Å². The van der Waals surface area contributed by atoms with Crippen molar-refractivity contribution in [3.63, 3.8) is 0 Å². The van der Waals surface area contributed by atoms with E-state index in [1.807, 2.05) is 0 Å². The van der Waals surface area contributed by atoms with E-state index in [9.17, 15) is 5.11 Å². The van der Waals surface area contributed by atoms with Gasteiger partial charge in [0, 0.05) is 13.0 Å². The minimum Gasteiger partial charge on any atom is -1.00 e. The van der Waals surface area contributed by atoms with E-state index in [-0.39, 0.29) is 12.4 Å². The van der Waals surface area contributed by atoms with Crippen LogP contribution in [-0.2, 0) is 4.74 Å². The Morgan fingerprint density at radius 1 is 0.643 bits per heavy atom. The van der Waals surface area contributed by atoms with Crippen molar-refractivity contribution in [2.75, 3.05) is 34.3 Å². The Kier molecular flexibility index (Phi) is 23.7. The Morgan fingerprint density at radius 3 is 1.36 bits per heavy atom. The van der Waals surface area contributed by atoms with Crippen molar-refractivity contribution in [3.05, 3.63) is 0 Å². The molecule has 0 bridgehead atoms. The number of halogens is 1. The minimum atomic E-state index is -0.585. The van der Waals surface area contributed by atoms with Gasteiger partial charge < -0.3 is 26.7 Å². The minimum absolute atomic E-state index is 0. The molecule has 0 aliphatic heterocycles. The number of hydrogen-bond acceptors (Lipinski definition) is 2. The number of aliphatic hydroxyl groups excluding tert-OH is 1. The van der Waals surface area contributed by atoms with Crippen molar-refractivity contribution in [1.29, 1.82) is 0 Å². The van der Waals surface area contributed by atoms with Crippen LogP contribution in [0.1, 0.15) is 116 Å². The average Bonchev–Trinajstić information content (AvgIpc) is 2.62. The van der Waals surface area contributed by atoms with E-state index in [0.717, 1.165) is 23.9 Å². The van der Waals surface area contributed by atoms with Crippen molar-refractivity contribution in [3.8, 4) is 0 Å². The van der Waals surface area contributed by atoms with Gasteiger partial charge in [-0.3, -0.25) is 0 Å². The van der Waals surface area contributed by atoms with Crippen LogP contribution in [0, 0.1) is 0 Å². The van der Waals surface area contributed by atoms with Crippen LogP contribution in [-0.4, -0.2) is 50.2 Å². The highest BCUT2D eigenvalue weighted by Crippen LogP contribution is 2.13. The molecule has 0 fully saturated rings. The third-order valence-electron chi connectivity index (χ3n) is 5.35. The Hall–Kier alpha value is 0.170. The van der Waals surface area contributed by atoms with Crippen LogP contribution in [0.15, 0.2) is 0 Å². The first-order valence-corrected chi connectivity index (χ1v) is 12.1. The molecule has 0 heterocycles. The van der Waals surface area contributed by atoms with Crippen LogP contribution in [0.5, 0.6) is 0 Å². The van der Waals surface area contributed by atoms with Crippen molar-refractivity contribution < 1.29 is 26.7 Å². The number of rotatable bonds is 21. The molecule has 0 radical (unpaired) electrons. The number of ether oxygens (including phenoxy) is 1. The summed E-state index contributed by atoms with van der Waals surface area (Å²) in [5.41, 5.74) is 0. The second kappa shape index (κ2) is 21.9. The smallest absolute Gasteiger partial charge is 0.159 e. The molecule has 0 saturated heterocycles. The number of quaternary nitrogens is 1. The SMILES string of the molecule is CCCCCCCCCCCCCCCCCCOC(O)CC[N+](C)(C)C.[Cl-]. The summed E-state index contributed by atoms with van der Waals surface area (Å²) in [7, 11) is 6.42. The first-order chi connectivity index (χ1) is 13.0. The van der Waals surface area contributed by atoms with E-state index in [1.54, 1.807) is 0 Å². The summed E-state index contributed by atoms with van der Waals surface area (Å²) >= 11 is 0. The first kappa shape index (κ1) is 30.4. The fourth-order valence-corrected chi connectivity index (χ4v) is 3.45. The predicted molar refractivity (Wildman–Crippen MR) is 119 cm³/mol. The van der Waals surface area contributed by atoms with Gasteiger partial charge in [0.1, 0.15) is 0 Å². The molecule has 28 heavy (non-hydrogen) atoms. The second-order valence-corrected chi connectivity index (χ2v) is 9.43. The van der Waals surface area contributed by atoms with Crippen LogP contribution >= 0.6 is 0 Å². The van der Waals surface area contributed by atoms with Gasteiger partial charge in [-0.15, -0.1) is 0 Å². The maximum Gasteiger partial charge on any atom is 0.159 e. The summed E-state index contributed by atoms with van der Waals surface area (Å²) in [5.74, 6) is 0. The van der Waals surface area contributed by atoms with Gasteiger partial charge in [0.05, 0.1) is 27.7 Å². The predicted octanol–water partition coefficient (Wildman–Crippen LogP) is 3.68. The Labute approximate surface area is 183 Å². The molecule has 0 rings (SSSR count). The van der Waals surface area contributed by atoms with Crippen LogP contribution in [0.2, 0.25) is 0 Å². The summed E-state index contributed by atoms with van der Waals surface area (Å²) in [6.07, 6.45) is 22.3. The van der Waals surface area contributed by atoms with Crippen LogP contribution in [0.4, 0.5) is 0 Å². The topological polar surface area (TPSA) is 29.5 Å². The standard InChI is InChI=1S/C24H52NO2.ClH/c1-5-6-7-8-9-10-11-12-13-14-15-16-17-18-19-20-23-27-24(26)21-22-25(2,3)4;/h24,26H,5-23H2,1-4H3;1H/q+1;/p-1. The lowest BCUT2D eigenvalue weighted by Crippen LogP contribution is -3.00. The van der Waals surface area contributed by atoms with Gasteiger partial charge in [0.15, 0.2) is 6.29 Å². The van der Waals surface area contributed by atoms with Crippen molar-refractivity contribution in [2.45, 2.75) is 122 Å². The highest BCUT2D eigenvalue weighted by molar-refractivity contribution is 4.50. The average molecular weight is 422 g/mol. The largest absolute Gasteiger partial charge is 1.00 e. The van der Waals surface area contributed by atoms with Crippen LogP contribution in [0.3, 0.4) is 0 Å². The fourth-order valence-electron chi connectivity index (χ4n) is 3.45. The molecule has 0 saturated carbocycles. The number of hydrogen-bond donors (Lipinski definition) is 1. The van der Waals surface area contributed by atoms with Crippen LogP contribution in [0.25, 0.3) is 0 Å². The molecular formula is C24H52ClNO2. The zero-order valence-corrected chi connectivity index (χ0v) is 20.4. The molecular weight excluding hydrogens is 370 g/mol. The van der Waals surface area contributed by atoms with Gasteiger partial charge >= 0.3 is 0 Å². The lowest BCUT2D eigenvalue weighted by Gasteiger charge is -2.25. The molecule has 0 spiro atoms. The summed E-state index contributed by atoms with van der Waals surface area (Å²) < 4.78 is 6.38. The second-order valence-electron chi connectivity index (χ2n) is 9.43. The Morgan fingerprint density at radius 2 is 1.00 bits per heavy atom. The summed E-state index contributed by atoms with van der Waals surface area (Å²) in [6, 6.07) is 0. The van der Waals surface area contributed by atoms with E-state index >= 15 is 0 Å². The molecule has 0 aliphatic rings. The van der Waals surface area contributed by atoms with Crippen molar-refractivity contribution in [2.24, 2.45) is 0 Å². The maximum absolute atomic E-state index is 9.81. The molecule has 172 valence electrons. The van der Waals surface area contributed by atoms with E-state index in [0.29, 0.717) is 6.61 Å². The monoisotopic (exact) mass is 421 g/mol. The first-order valence-electron chi connectivity index (χ1n) is 12.1. The molecule has 0 aliphatic carbocycles. The number of unbranched alkanes of at least 4 members (excludes halogenated alkanes) is 15. The number of nitrogens with zero attached hydrogens (tertiary/aromatic N) is 1. The molecule has 0 aromatic carbocycles. The van der Waals surface area contributed by atoms with Gasteiger partial charge in [-0.1, -0.05) is 103 Å². The van der Waals surface area contributed by atoms with E-state index in [1.165, 1.54) is 96.3 Å². The molecule has 1 N–H and O–H groups in total. The van der Waals surface area contributed by atoms with Gasteiger partial charge in [0.2, 0.25) is 0 Å². The Bertz CT molecular complexity index is 295. The number of aliphatic hydroxyl groups is 1. The lowest BCUT2D eigenvalue weighted by atomic mass is 10.0. The molecule has 1 atom stereocenters. The van der Waals surface area contributed by atoms with E-state index in [2.05, 4.69) is 28.1 Å². The van der Waals surface area contributed by atoms with E-state index in [4.69, 9.17) is 4.74 Å².